The van der Waals surface area contributed by atoms with Crippen molar-refractivity contribution in [2.45, 2.75) is 25.4 Å². The van der Waals surface area contributed by atoms with Crippen LogP contribution < -0.4 is 15.0 Å². The molecular formula is C22H23N5O3. The lowest BCUT2D eigenvalue weighted by Crippen LogP contribution is -2.49. The molecule has 4 rings (SSSR count). The Morgan fingerprint density at radius 2 is 1.83 bits per heavy atom. The van der Waals surface area contributed by atoms with Gasteiger partial charge in [-0.25, -0.2) is 4.68 Å². The average molecular weight is 405 g/mol. The molecule has 0 radical (unpaired) electrons. The second-order valence-electron chi connectivity index (χ2n) is 7.68. The van der Waals surface area contributed by atoms with E-state index >= 15 is 0 Å². The SMILES string of the molecule is CN1C(=O)C(NC(=O)c2cn(C(C)(C)c3ccccc3)nn2)COc2ccccc21. The van der Waals surface area contributed by atoms with Crippen molar-refractivity contribution in [2.24, 2.45) is 0 Å². The molecule has 0 aliphatic carbocycles. The summed E-state index contributed by atoms with van der Waals surface area (Å²) >= 11 is 0. The summed E-state index contributed by atoms with van der Waals surface area (Å²) < 4.78 is 7.38. The van der Waals surface area contributed by atoms with Crippen molar-refractivity contribution < 1.29 is 14.3 Å². The van der Waals surface area contributed by atoms with E-state index in [2.05, 4.69) is 15.6 Å². The van der Waals surface area contributed by atoms with Crippen molar-refractivity contribution in [3.63, 3.8) is 0 Å². The number of fused-ring (bicyclic) bond motifs is 1. The molecule has 8 heteroatoms. The first-order valence-corrected chi connectivity index (χ1v) is 9.66. The van der Waals surface area contributed by atoms with Crippen molar-refractivity contribution in [3.05, 3.63) is 72.1 Å². The second-order valence-corrected chi connectivity index (χ2v) is 7.68. The van der Waals surface area contributed by atoms with Gasteiger partial charge in [-0.3, -0.25) is 9.59 Å². The molecule has 1 aliphatic rings. The Labute approximate surface area is 174 Å². The topological polar surface area (TPSA) is 89.4 Å². The lowest BCUT2D eigenvalue weighted by Gasteiger charge is -2.25. The fraction of sp³-hybridized carbons (Fsp3) is 0.273. The number of rotatable bonds is 4. The number of hydrogen-bond donors (Lipinski definition) is 1. The fourth-order valence-electron chi connectivity index (χ4n) is 3.41. The molecule has 1 aliphatic heterocycles. The number of ether oxygens (including phenoxy) is 1. The van der Waals surface area contributed by atoms with Crippen LogP contribution in [0.4, 0.5) is 5.69 Å². The third-order valence-corrected chi connectivity index (χ3v) is 5.35. The highest BCUT2D eigenvalue weighted by molar-refractivity contribution is 6.02. The van der Waals surface area contributed by atoms with Crippen LogP contribution in [0.15, 0.2) is 60.8 Å². The first-order valence-electron chi connectivity index (χ1n) is 9.66. The summed E-state index contributed by atoms with van der Waals surface area (Å²) in [5.41, 5.74) is 1.34. The van der Waals surface area contributed by atoms with Crippen LogP contribution in [-0.4, -0.2) is 46.5 Å². The Bertz CT molecular complexity index is 1080. The molecule has 2 heterocycles. The lowest BCUT2D eigenvalue weighted by molar-refractivity contribution is -0.120. The summed E-state index contributed by atoms with van der Waals surface area (Å²) in [6.45, 7) is 4.02. The van der Waals surface area contributed by atoms with Gasteiger partial charge in [0.25, 0.3) is 11.8 Å². The second kappa shape index (κ2) is 7.62. The first-order chi connectivity index (χ1) is 14.4. The molecule has 0 spiro atoms. The van der Waals surface area contributed by atoms with Gasteiger partial charge in [-0.2, -0.15) is 0 Å². The third-order valence-electron chi connectivity index (χ3n) is 5.35. The van der Waals surface area contributed by atoms with E-state index in [4.69, 9.17) is 4.74 Å². The maximum absolute atomic E-state index is 12.8. The van der Waals surface area contributed by atoms with Gasteiger partial charge in [-0.1, -0.05) is 47.7 Å². The molecule has 0 saturated carbocycles. The van der Waals surface area contributed by atoms with E-state index in [1.54, 1.807) is 30.1 Å². The molecule has 0 fully saturated rings. The molecule has 8 nitrogen and oxygen atoms in total. The smallest absolute Gasteiger partial charge is 0.274 e. The summed E-state index contributed by atoms with van der Waals surface area (Å²) in [4.78, 5) is 27.1. The summed E-state index contributed by atoms with van der Waals surface area (Å²) in [5, 5.41) is 10.9. The van der Waals surface area contributed by atoms with E-state index in [0.29, 0.717) is 11.4 Å². The number of benzene rings is 2. The van der Waals surface area contributed by atoms with Crippen molar-refractivity contribution in [3.8, 4) is 5.75 Å². The minimum Gasteiger partial charge on any atom is -0.489 e. The van der Waals surface area contributed by atoms with Gasteiger partial charge in [0.1, 0.15) is 18.4 Å². The van der Waals surface area contributed by atoms with Crippen molar-refractivity contribution >= 4 is 17.5 Å². The number of carbonyl (C=O) groups excluding carboxylic acids is 2. The molecule has 0 saturated heterocycles. The Kier molecular flexibility index (Phi) is 4.99. The van der Waals surface area contributed by atoms with E-state index in [-0.39, 0.29) is 18.2 Å². The van der Waals surface area contributed by atoms with Gasteiger partial charge in [0.15, 0.2) is 5.69 Å². The number of para-hydroxylation sites is 2. The number of carbonyl (C=O) groups is 2. The maximum Gasteiger partial charge on any atom is 0.274 e. The highest BCUT2D eigenvalue weighted by Gasteiger charge is 2.32. The zero-order valence-electron chi connectivity index (χ0n) is 17.1. The first kappa shape index (κ1) is 19.6. The molecule has 1 unspecified atom stereocenters. The number of likely N-dealkylation sites (N-methyl/N-ethyl adjacent to an activating group) is 1. The third kappa shape index (κ3) is 3.52. The van der Waals surface area contributed by atoms with Crippen LogP contribution in [0.5, 0.6) is 5.75 Å². The van der Waals surface area contributed by atoms with E-state index in [1.807, 2.05) is 56.3 Å². The van der Waals surface area contributed by atoms with Crippen molar-refractivity contribution in [2.75, 3.05) is 18.6 Å². The highest BCUT2D eigenvalue weighted by atomic mass is 16.5. The monoisotopic (exact) mass is 405 g/mol. The number of amides is 2. The number of anilines is 1. The molecule has 2 amide bonds. The molecule has 3 aromatic rings. The standard InChI is InChI=1S/C22H23N5O3/c1-22(2,15-9-5-4-6-10-15)27-13-16(24-25-27)20(28)23-17-14-30-19-12-8-7-11-18(19)26(3)21(17)29/h4-13,17H,14H2,1-3H3,(H,23,28). The summed E-state index contributed by atoms with van der Waals surface area (Å²) in [6.07, 6.45) is 1.59. The molecular weight excluding hydrogens is 382 g/mol. The number of hydrogen-bond acceptors (Lipinski definition) is 5. The minimum absolute atomic E-state index is 0.0373. The Balaban J connectivity index is 1.51. The van der Waals surface area contributed by atoms with Crippen molar-refractivity contribution in [1.82, 2.24) is 20.3 Å². The van der Waals surface area contributed by atoms with Crippen LogP contribution in [0.1, 0.15) is 29.9 Å². The van der Waals surface area contributed by atoms with E-state index in [1.165, 1.54) is 4.90 Å². The molecule has 154 valence electrons. The van der Waals surface area contributed by atoms with E-state index in [9.17, 15) is 9.59 Å². The van der Waals surface area contributed by atoms with Gasteiger partial charge in [-0.05, 0) is 31.5 Å². The zero-order valence-corrected chi connectivity index (χ0v) is 17.1. The Morgan fingerprint density at radius 1 is 1.13 bits per heavy atom. The van der Waals surface area contributed by atoms with Crippen LogP contribution >= 0.6 is 0 Å². The van der Waals surface area contributed by atoms with E-state index < -0.39 is 17.5 Å². The largest absolute Gasteiger partial charge is 0.489 e. The molecule has 1 atom stereocenters. The predicted octanol–water partition coefficient (Wildman–Crippen LogP) is 2.22. The Morgan fingerprint density at radius 3 is 2.60 bits per heavy atom. The van der Waals surface area contributed by atoms with Crippen molar-refractivity contribution in [1.29, 1.82) is 0 Å². The summed E-state index contributed by atoms with van der Waals surface area (Å²) in [5.74, 6) is -0.141. The molecule has 2 aromatic carbocycles. The van der Waals surface area contributed by atoms with E-state index in [0.717, 1.165) is 5.56 Å². The van der Waals surface area contributed by atoms with Gasteiger partial charge in [-0.15, -0.1) is 5.10 Å². The molecule has 0 bridgehead atoms. The zero-order chi connectivity index (χ0) is 21.3. The van der Waals surface area contributed by atoms with Gasteiger partial charge in [0, 0.05) is 7.05 Å². The highest BCUT2D eigenvalue weighted by Crippen LogP contribution is 2.30. The van der Waals surface area contributed by atoms with Gasteiger partial charge < -0.3 is 15.0 Å². The van der Waals surface area contributed by atoms with Crippen LogP contribution in [0.25, 0.3) is 0 Å². The Hall–Kier alpha value is -3.68. The summed E-state index contributed by atoms with van der Waals surface area (Å²) in [7, 11) is 1.66. The predicted molar refractivity (Wildman–Crippen MR) is 111 cm³/mol. The molecule has 1 aromatic heterocycles. The van der Waals surface area contributed by atoms with Crippen LogP contribution in [0.3, 0.4) is 0 Å². The summed E-state index contributed by atoms with van der Waals surface area (Å²) in [6, 6.07) is 16.3. The number of nitrogens with one attached hydrogen (secondary N) is 1. The fourth-order valence-corrected chi connectivity index (χ4v) is 3.41. The van der Waals surface area contributed by atoms with Crippen LogP contribution in [0, 0.1) is 0 Å². The quantitative estimate of drug-likeness (QED) is 0.719. The van der Waals surface area contributed by atoms with Crippen LogP contribution in [-0.2, 0) is 10.3 Å². The lowest BCUT2D eigenvalue weighted by atomic mass is 9.95. The van der Waals surface area contributed by atoms with Crippen LogP contribution in [0.2, 0.25) is 0 Å². The molecule has 30 heavy (non-hydrogen) atoms. The number of aromatic nitrogens is 3. The number of nitrogens with zero attached hydrogens (tertiary/aromatic N) is 4. The van der Waals surface area contributed by atoms with Gasteiger partial charge in [0.2, 0.25) is 0 Å². The maximum atomic E-state index is 12.8. The molecule has 1 N–H and O–H groups in total. The van der Waals surface area contributed by atoms with Gasteiger partial charge >= 0.3 is 0 Å². The average Bonchev–Trinajstić information content (AvgIpc) is 3.24. The van der Waals surface area contributed by atoms with Gasteiger partial charge in [0.05, 0.1) is 17.4 Å². The normalized spacial score (nSPS) is 16.4. The minimum atomic E-state index is -0.831.